The molecule has 0 aliphatic rings. The topological polar surface area (TPSA) is 106 Å². The van der Waals surface area contributed by atoms with Crippen LogP contribution >= 0.6 is 0 Å². The second kappa shape index (κ2) is 6.67. The van der Waals surface area contributed by atoms with Crippen LogP contribution in [0.5, 0.6) is 0 Å². The Kier molecular flexibility index (Phi) is 4.67. The molecule has 20 heavy (non-hydrogen) atoms. The van der Waals surface area contributed by atoms with Crippen LogP contribution in [0, 0.1) is 0 Å². The Morgan fingerprint density at radius 1 is 1.40 bits per heavy atom. The molecule has 0 aliphatic carbocycles. The largest absolute Gasteiger partial charge is 0.377 e. The zero-order valence-electron chi connectivity index (χ0n) is 11.2. The van der Waals surface area contributed by atoms with Gasteiger partial charge in [0.05, 0.1) is 6.61 Å². The van der Waals surface area contributed by atoms with Crippen LogP contribution in [-0.4, -0.2) is 27.7 Å². The van der Waals surface area contributed by atoms with Crippen molar-refractivity contribution in [2.45, 2.75) is 20.1 Å². The van der Waals surface area contributed by atoms with Gasteiger partial charge in [0.2, 0.25) is 11.8 Å². The van der Waals surface area contributed by atoms with E-state index in [1.807, 2.05) is 31.2 Å². The number of ether oxygens (including phenoxy) is 1. The van der Waals surface area contributed by atoms with Crippen molar-refractivity contribution < 1.29 is 9.53 Å². The molecule has 4 N–H and O–H groups in total. The fraction of sp³-hybridized carbons (Fsp3) is 0.308. The van der Waals surface area contributed by atoms with Crippen LogP contribution in [0.1, 0.15) is 28.7 Å². The molecule has 0 saturated heterocycles. The Morgan fingerprint density at radius 3 is 2.80 bits per heavy atom. The average molecular weight is 275 g/mol. The zero-order chi connectivity index (χ0) is 14.4. The number of nitrogens with one attached hydrogen (secondary N) is 2. The third kappa shape index (κ3) is 3.55. The predicted octanol–water partition coefficient (Wildman–Crippen LogP) is 0.853. The Morgan fingerprint density at radius 2 is 2.15 bits per heavy atom. The number of rotatable bonds is 6. The van der Waals surface area contributed by atoms with Gasteiger partial charge >= 0.3 is 0 Å². The third-order valence-electron chi connectivity index (χ3n) is 2.74. The second-order valence-electron chi connectivity index (χ2n) is 4.13. The number of nitrogens with two attached hydrogens (primary N) is 1. The third-order valence-corrected chi connectivity index (χ3v) is 2.74. The standard InChI is InChI=1S/C13H17N5O2/c1-2-20-8-10-6-4-3-5-9(10)7-15-12(19)11-16-13(14)18-17-11/h3-6H,2,7-8H2,1H3,(H,15,19)(H3,14,16,17,18). The number of aromatic nitrogens is 3. The summed E-state index contributed by atoms with van der Waals surface area (Å²) in [6.45, 7) is 3.51. The smallest absolute Gasteiger partial charge is 0.288 e. The van der Waals surface area contributed by atoms with Crippen molar-refractivity contribution in [1.82, 2.24) is 20.5 Å². The number of hydrogen-bond donors (Lipinski definition) is 3. The maximum Gasteiger partial charge on any atom is 0.288 e. The maximum absolute atomic E-state index is 11.8. The number of hydrogen-bond acceptors (Lipinski definition) is 5. The molecule has 0 fully saturated rings. The van der Waals surface area contributed by atoms with Crippen LogP contribution in [0.15, 0.2) is 24.3 Å². The highest BCUT2D eigenvalue weighted by molar-refractivity contribution is 5.90. The van der Waals surface area contributed by atoms with Gasteiger partial charge in [-0.05, 0) is 18.1 Å². The number of nitrogens with zero attached hydrogens (tertiary/aromatic N) is 2. The van der Waals surface area contributed by atoms with Gasteiger partial charge in [-0.3, -0.25) is 9.89 Å². The molecule has 2 rings (SSSR count). The van der Waals surface area contributed by atoms with Crippen molar-refractivity contribution in [3.05, 3.63) is 41.2 Å². The lowest BCUT2D eigenvalue weighted by atomic mass is 10.1. The molecule has 0 saturated carbocycles. The SMILES string of the molecule is CCOCc1ccccc1CNC(=O)c1nc(N)n[nH]1. The lowest BCUT2D eigenvalue weighted by Gasteiger charge is -2.10. The van der Waals surface area contributed by atoms with Crippen molar-refractivity contribution >= 4 is 11.9 Å². The number of carbonyl (C=O) groups is 1. The van der Waals surface area contributed by atoms with Crippen LogP contribution in [0.4, 0.5) is 5.95 Å². The Bertz CT molecular complexity index is 582. The van der Waals surface area contributed by atoms with Crippen molar-refractivity contribution in [2.24, 2.45) is 0 Å². The van der Waals surface area contributed by atoms with Crippen molar-refractivity contribution in [2.75, 3.05) is 12.3 Å². The van der Waals surface area contributed by atoms with E-state index in [-0.39, 0.29) is 17.7 Å². The van der Waals surface area contributed by atoms with Crippen molar-refractivity contribution in [3.63, 3.8) is 0 Å². The summed E-state index contributed by atoms with van der Waals surface area (Å²) in [5, 5.41) is 8.84. The molecule has 0 bridgehead atoms. The van der Waals surface area contributed by atoms with Crippen LogP contribution in [0.3, 0.4) is 0 Å². The molecule has 0 spiro atoms. The lowest BCUT2D eigenvalue weighted by molar-refractivity contribution is 0.0940. The number of benzene rings is 1. The van der Waals surface area contributed by atoms with Crippen LogP contribution < -0.4 is 11.1 Å². The first-order chi connectivity index (χ1) is 9.70. The van der Waals surface area contributed by atoms with Gasteiger partial charge in [0.25, 0.3) is 5.91 Å². The molecule has 1 amide bonds. The van der Waals surface area contributed by atoms with Gasteiger partial charge in [0, 0.05) is 13.2 Å². The van der Waals surface area contributed by atoms with Gasteiger partial charge < -0.3 is 15.8 Å². The van der Waals surface area contributed by atoms with Gasteiger partial charge in [-0.2, -0.15) is 4.98 Å². The molecule has 0 aliphatic heterocycles. The minimum atomic E-state index is -0.347. The van der Waals surface area contributed by atoms with E-state index in [1.165, 1.54) is 0 Å². The summed E-state index contributed by atoms with van der Waals surface area (Å²) in [5.41, 5.74) is 7.40. The molecule has 106 valence electrons. The normalized spacial score (nSPS) is 10.4. The number of anilines is 1. The van der Waals surface area contributed by atoms with E-state index in [1.54, 1.807) is 0 Å². The number of nitrogen functional groups attached to an aromatic ring is 1. The second-order valence-corrected chi connectivity index (χ2v) is 4.13. The fourth-order valence-corrected chi connectivity index (χ4v) is 1.72. The molecular weight excluding hydrogens is 258 g/mol. The Balaban J connectivity index is 1.98. The summed E-state index contributed by atoms with van der Waals surface area (Å²) in [6, 6.07) is 7.78. The Labute approximate surface area is 116 Å². The fourth-order valence-electron chi connectivity index (χ4n) is 1.72. The molecule has 0 radical (unpaired) electrons. The summed E-state index contributed by atoms with van der Waals surface area (Å²) in [7, 11) is 0. The van der Waals surface area contributed by atoms with Crippen molar-refractivity contribution in [3.8, 4) is 0 Å². The first-order valence-electron chi connectivity index (χ1n) is 6.31. The van der Waals surface area contributed by atoms with Crippen molar-refractivity contribution in [1.29, 1.82) is 0 Å². The summed E-state index contributed by atoms with van der Waals surface area (Å²) in [6.07, 6.45) is 0. The van der Waals surface area contributed by atoms with E-state index in [2.05, 4.69) is 20.5 Å². The highest BCUT2D eigenvalue weighted by Crippen LogP contribution is 2.10. The number of amides is 1. The van der Waals surface area contributed by atoms with E-state index in [0.717, 1.165) is 11.1 Å². The van der Waals surface area contributed by atoms with Gasteiger partial charge in [0.15, 0.2) is 0 Å². The molecule has 0 unspecified atom stereocenters. The zero-order valence-corrected chi connectivity index (χ0v) is 11.2. The van der Waals surface area contributed by atoms with E-state index in [4.69, 9.17) is 10.5 Å². The molecule has 2 aromatic rings. The van der Waals surface area contributed by atoms with E-state index in [9.17, 15) is 4.79 Å². The molecular formula is C13H17N5O2. The number of H-pyrrole nitrogens is 1. The van der Waals surface area contributed by atoms with Crippen LogP contribution in [0.2, 0.25) is 0 Å². The van der Waals surface area contributed by atoms with Gasteiger partial charge in [-0.15, -0.1) is 5.10 Å². The molecule has 0 atom stereocenters. The molecule has 1 heterocycles. The van der Waals surface area contributed by atoms with E-state index >= 15 is 0 Å². The maximum atomic E-state index is 11.8. The summed E-state index contributed by atoms with van der Waals surface area (Å²) in [4.78, 5) is 15.6. The summed E-state index contributed by atoms with van der Waals surface area (Å²) in [5.74, 6) is -0.197. The Hall–Kier alpha value is -2.41. The average Bonchev–Trinajstić information content (AvgIpc) is 2.90. The lowest BCUT2D eigenvalue weighted by Crippen LogP contribution is -2.24. The highest BCUT2D eigenvalue weighted by Gasteiger charge is 2.11. The van der Waals surface area contributed by atoms with Gasteiger partial charge in [-0.25, -0.2) is 0 Å². The summed E-state index contributed by atoms with van der Waals surface area (Å²) >= 11 is 0. The minimum absolute atomic E-state index is 0.0481. The first-order valence-corrected chi connectivity index (χ1v) is 6.31. The highest BCUT2D eigenvalue weighted by atomic mass is 16.5. The first kappa shape index (κ1) is 14.0. The molecule has 7 heteroatoms. The summed E-state index contributed by atoms with van der Waals surface area (Å²) < 4.78 is 5.40. The monoisotopic (exact) mass is 275 g/mol. The molecule has 7 nitrogen and oxygen atoms in total. The molecule has 1 aromatic carbocycles. The van der Waals surface area contributed by atoms with E-state index in [0.29, 0.717) is 19.8 Å². The molecule has 1 aromatic heterocycles. The van der Waals surface area contributed by atoms with E-state index < -0.39 is 0 Å². The minimum Gasteiger partial charge on any atom is -0.377 e. The number of aromatic amines is 1. The van der Waals surface area contributed by atoms with Gasteiger partial charge in [0.1, 0.15) is 0 Å². The number of carbonyl (C=O) groups excluding carboxylic acids is 1. The van der Waals surface area contributed by atoms with Gasteiger partial charge in [-0.1, -0.05) is 24.3 Å². The van der Waals surface area contributed by atoms with Crippen LogP contribution in [-0.2, 0) is 17.9 Å². The quantitative estimate of drug-likeness (QED) is 0.724. The van der Waals surface area contributed by atoms with Crippen LogP contribution in [0.25, 0.3) is 0 Å². The predicted molar refractivity (Wildman–Crippen MR) is 73.7 cm³/mol.